The Morgan fingerprint density at radius 2 is 2.33 bits per heavy atom. The van der Waals surface area contributed by atoms with Crippen LogP contribution in [0.4, 0.5) is 0 Å². The third-order valence-electron chi connectivity index (χ3n) is 2.27. The van der Waals surface area contributed by atoms with E-state index in [1.165, 1.54) is 31.4 Å². The molecule has 0 spiro atoms. The maximum absolute atomic E-state index is 5.82. The van der Waals surface area contributed by atoms with Crippen molar-refractivity contribution in [2.45, 2.75) is 37.0 Å². The lowest BCUT2D eigenvalue weighted by Gasteiger charge is -2.08. The maximum atomic E-state index is 5.82. The molecule has 0 heterocycles. The second kappa shape index (κ2) is 5.84. The fourth-order valence-electron chi connectivity index (χ4n) is 1.58. The van der Waals surface area contributed by atoms with Gasteiger partial charge in [-0.05, 0) is 31.4 Å². The Morgan fingerprint density at radius 3 is 2.92 bits per heavy atom. The molecule has 1 aliphatic rings. The molecule has 0 radical (unpaired) electrons. The molecule has 0 bridgehead atoms. The number of rotatable bonds is 5. The predicted octanol–water partition coefficient (Wildman–Crippen LogP) is 1.64. The first-order valence-electron chi connectivity index (χ1n) is 4.69. The molecule has 2 atom stereocenters. The van der Waals surface area contributed by atoms with Crippen molar-refractivity contribution in [1.29, 1.82) is 0 Å². The lowest BCUT2D eigenvalue weighted by molar-refractivity contribution is 0.200. The van der Waals surface area contributed by atoms with Crippen LogP contribution in [-0.2, 0) is 4.74 Å². The summed E-state index contributed by atoms with van der Waals surface area (Å²) >= 11 is 2.07. The Labute approximate surface area is 79.2 Å². The molecule has 0 aromatic carbocycles. The number of hydrogen-bond donors (Lipinski definition) is 1. The van der Waals surface area contributed by atoms with Crippen molar-refractivity contribution in [1.82, 2.24) is 0 Å². The smallest absolute Gasteiger partial charge is 0.0470 e. The van der Waals surface area contributed by atoms with E-state index in [4.69, 9.17) is 10.5 Å². The molecule has 1 rings (SSSR count). The average molecular weight is 189 g/mol. The van der Waals surface area contributed by atoms with Crippen molar-refractivity contribution >= 4 is 11.8 Å². The molecular formula is C9H19NOS. The number of methoxy groups -OCH3 is 1. The van der Waals surface area contributed by atoms with Crippen LogP contribution in [0.15, 0.2) is 0 Å². The molecule has 1 aliphatic carbocycles. The zero-order valence-corrected chi connectivity index (χ0v) is 8.61. The van der Waals surface area contributed by atoms with E-state index in [2.05, 4.69) is 11.8 Å². The summed E-state index contributed by atoms with van der Waals surface area (Å²) in [6, 6.07) is 0.477. The molecule has 0 saturated heterocycles. The Hall–Kier alpha value is 0.270. The van der Waals surface area contributed by atoms with Gasteiger partial charge >= 0.3 is 0 Å². The second-order valence-corrected chi connectivity index (χ2v) is 4.82. The summed E-state index contributed by atoms with van der Waals surface area (Å²) in [5, 5.41) is 0.830. The molecule has 0 aromatic heterocycles. The fourth-order valence-corrected chi connectivity index (χ4v) is 2.88. The highest BCUT2D eigenvalue weighted by Crippen LogP contribution is 2.28. The summed E-state index contributed by atoms with van der Waals surface area (Å²) < 4.78 is 4.99. The summed E-state index contributed by atoms with van der Waals surface area (Å²) in [5.74, 6) is 1.23. The Morgan fingerprint density at radius 1 is 1.50 bits per heavy atom. The summed E-state index contributed by atoms with van der Waals surface area (Å²) in [5.41, 5.74) is 5.82. The molecule has 0 aromatic rings. The van der Waals surface area contributed by atoms with Crippen molar-refractivity contribution in [3.05, 3.63) is 0 Å². The van der Waals surface area contributed by atoms with Crippen molar-refractivity contribution in [2.24, 2.45) is 5.73 Å². The molecule has 3 heteroatoms. The van der Waals surface area contributed by atoms with Gasteiger partial charge in [0.1, 0.15) is 0 Å². The lowest BCUT2D eigenvalue weighted by atomic mass is 10.3. The normalized spacial score (nSPS) is 29.5. The van der Waals surface area contributed by atoms with Gasteiger partial charge in [0.2, 0.25) is 0 Å². The largest absolute Gasteiger partial charge is 0.385 e. The van der Waals surface area contributed by atoms with Crippen molar-refractivity contribution in [3.8, 4) is 0 Å². The van der Waals surface area contributed by atoms with Crippen LogP contribution >= 0.6 is 11.8 Å². The van der Waals surface area contributed by atoms with Crippen LogP contribution in [0.3, 0.4) is 0 Å². The molecule has 2 nitrogen and oxygen atoms in total. The van der Waals surface area contributed by atoms with Gasteiger partial charge in [-0.2, -0.15) is 11.8 Å². The number of nitrogens with two attached hydrogens (primary N) is 1. The summed E-state index contributed by atoms with van der Waals surface area (Å²) in [7, 11) is 1.76. The third kappa shape index (κ3) is 3.78. The van der Waals surface area contributed by atoms with Gasteiger partial charge in [-0.3, -0.25) is 0 Å². The molecular weight excluding hydrogens is 170 g/mol. The maximum Gasteiger partial charge on any atom is 0.0470 e. The second-order valence-electron chi connectivity index (χ2n) is 3.41. The monoisotopic (exact) mass is 189 g/mol. The highest BCUT2D eigenvalue weighted by Gasteiger charge is 2.21. The van der Waals surface area contributed by atoms with E-state index in [1.807, 2.05) is 0 Å². The molecule has 1 saturated carbocycles. The first-order valence-corrected chi connectivity index (χ1v) is 5.74. The third-order valence-corrected chi connectivity index (χ3v) is 3.70. The van der Waals surface area contributed by atoms with Crippen LogP contribution < -0.4 is 5.73 Å². The van der Waals surface area contributed by atoms with Gasteiger partial charge in [-0.15, -0.1) is 0 Å². The molecule has 72 valence electrons. The van der Waals surface area contributed by atoms with Crippen LogP contribution in [0, 0.1) is 0 Å². The first kappa shape index (κ1) is 10.4. The van der Waals surface area contributed by atoms with Crippen molar-refractivity contribution in [3.63, 3.8) is 0 Å². The Balaban J connectivity index is 1.93. The molecule has 1 fully saturated rings. The van der Waals surface area contributed by atoms with Gasteiger partial charge in [0, 0.05) is 25.0 Å². The number of ether oxygens (including phenoxy) is 1. The van der Waals surface area contributed by atoms with E-state index in [0.717, 1.165) is 11.9 Å². The van der Waals surface area contributed by atoms with Crippen LogP contribution in [0.5, 0.6) is 0 Å². The van der Waals surface area contributed by atoms with Crippen LogP contribution in [0.1, 0.15) is 25.7 Å². The number of thioether (sulfide) groups is 1. The SMILES string of the molecule is COCCCSC1CCC(N)C1. The lowest BCUT2D eigenvalue weighted by Crippen LogP contribution is -2.15. The van der Waals surface area contributed by atoms with E-state index in [1.54, 1.807) is 7.11 Å². The standard InChI is InChI=1S/C9H19NOS/c1-11-5-2-6-12-9-4-3-8(10)7-9/h8-9H,2-7,10H2,1H3. The van der Waals surface area contributed by atoms with E-state index >= 15 is 0 Å². The van der Waals surface area contributed by atoms with Gasteiger partial charge < -0.3 is 10.5 Å². The van der Waals surface area contributed by atoms with Crippen molar-refractivity contribution < 1.29 is 4.74 Å². The van der Waals surface area contributed by atoms with Gasteiger partial charge in [0.25, 0.3) is 0 Å². The topological polar surface area (TPSA) is 35.2 Å². The van der Waals surface area contributed by atoms with E-state index in [9.17, 15) is 0 Å². The fraction of sp³-hybridized carbons (Fsp3) is 1.00. The van der Waals surface area contributed by atoms with E-state index in [-0.39, 0.29) is 0 Å². The summed E-state index contributed by atoms with van der Waals surface area (Å²) in [4.78, 5) is 0. The molecule has 0 amide bonds. The predicted molar refractivity (Wildman–Crippen MR) is 54.6 cm³/mol. The zero-order valence-electron chi connectivity index (χ0n) is 7.79. The molecule has 12 heavy (non-hydrogen) atoms. The van der Waals surface area contributed by atoms with E-state index in [0.29, 0.717) is 6.04 Å². The van der Waals surface area contributed by atoms with Gasteiger partial charge in [-0.1, -0.05) is 0 Å². The highest BCUT2D eigenvalue weighted by atomic mass is 32.2. The van der Waals surface area contributed by atoms with Gasteiger partial charge in [0.05, 0.1) is 0 Å². The van der Waals surface area contributed by atoms with Crippen molar-refractivity contribution in [2.75, 3.05) is 19.5 Å². The summed E-state index contributed by atoms with van der Waals surface area (Å²) in [6.45, 7) is 0.895. The molecule has 0 aliphatic heterocycles. The summed E-state index contributed by atoms with van der Waals surface area (Å²) in [6.07, 6.45) is 4.94. The van der Waals surface area contributed by atoms with E-state index < -0.39 is 0 Å². The Kier molecular flexibility index (Phi) is 5.04. The minimum atomic E-state index is 0.477. The molecule has 2 unspecified atom stereocenters. The quantitative estimate of drug-likeness (QED) is 0.668. The van der Waals surface area contributed by atoms with Crippen LogP contribution in [0.2, 0.25) is 0 Å². The average Bonchev–Trinajstić information content (AvgIpc) is 2.45. The van der Waals surface area contributed by atoms with Crippen LogP contribution in [0.25, 0.3) is 0 Å². The van der Waals surface area contributed by atoms with Crippen LogP contribution in [-0.4, -0.2) is 30.8 Å². The number of hydrogen-bond acceptors (Lipinski definition) is 3. The minimum absolute atomic E-state index is 0.477. The van der Waals surface area contributed by atoms with Gasteiger partial charge in [-0.25, -0.2) is 0 Å². The minimum Gasteiger partial charge on any atom is -0.385 e. The van der Waals surface area contributed by atoms with Gasteiger partial charge in [0.15, 0.2) is 0 Å². The highest BCUT2D eigenvalue weighted by molar-refractivity contribution is 7.99. The first-order chi connectivity index (χ1) is 5.83. The Bertz CT molecular complexity index is 121. The zero-order chi connectivity index (χ0) is 8.81. The molecule has 2 N–H and O–H groups in total.